The minimum atomic E-state index is -0.227. The average Bonchev–Trinajstić information content (AvgIpc) is 2.88. The highest BCUT2D eigenvalue weighted by molar-refractivity contribution is 8.26. The lowest BCUT2D eigenvalue weighted by Crippen LogP contribution is -2.21. The number of amides is 1. The van der Waals surface area contributed by atoms with Gasteiger partial charge in [0.2, 0.25) is 0 Å². The first kappa shape index (κ1) is 17.6. The molecule has 3 rings (SSSR count). The minimum Gasteiger partial charge on any atom is -0.266 e. The predicted molar refractivity (Wildman–Crippen MR) is 110 cm³/mol. The van der Waals surface area contributed by atoms with E-state index < -0.39 is 0 Å². The van der Waals surface area contributed by atoms with Crippen molar-refractivity contribution < 1.29 is 4.79 Å². The summed E-state index contributed by atoms with van der Waals surface area (Å²) in [5, 5.41) is 6.04. The second kappa shape index (κ2) is 8.25. The highest BCUT2D eigenvalue weighted by atomic mass is 35.5. The molecule has 1 fully saturated rings. The maximum Gasteiger partial charge on any atom is 0.286 e. The SMILES string of the molecule is O=C1/C(=C\c2ccc(Cl)cc2)SC(=S)N1/N=C/C=C\c1ccccc1. The largest absolute Gasteiger partial charge is 0.286 e. The molecule has 1 amide bonds. The number of benzene rings is 2. The molecule has 0 aromatic heterocycles. The standard InChI is InChI=1S/C19H13ClN2OS2/c20-16-10-8-15(9-11-16)13-17-18(23)22(19(24)25-17)21-12-4-7-14-5-2-1-3-6-14/h1-13H/b7-4-,17-13+,21-12+. The number of rotatable bonds is 4. The van der Waals surface area contributed by atoms with E-state index in [0.717, 1.165) is 11.1 Å². The normalized spacial score (nSPS) is 16.7. The fourth-order valence-electron chi connectivity index (χ4n) is 2.09. The van der Waals surface area contributed by atoms with E-state index in [1.807, 2.05) is 48.5 Å². The van der Waals surface area contributed by atoms with Crippen LogP contribution in [0.3, 0.4) is 0 Å². The Morgan fingerprint density at radius 3 is 2.48 bits per heavy atom. The zero-order chi connectivity index (χ0) is 17.6. The summed E-state index contributed by atoms with van der Waals surface area (Å²) in [4.78, 5) is 13.0. The number of thioether (sulfide) groups is 1. The van der Waals surface area contributed by atoms with E-state index in [1.165, 1.54) is 16.8 Å². The third-order valence-electron chi connectivity index (χ3n) is 3.30. The first-order valence-electron chi connectivity index (χ1n) is 7.43. The summed E-state index contributed by atoms with van der Waals surface area (Å²) >= 11 is 12.3. The Kier molecular flexibility index (Phi) is 5.81. The Morgan fingerprint density at radius 1 is 1.04 bits per heavy atom. The molecule has 1 saturated heterocycles. The Morgan fingerprint density at radius 2 is 1.76 bits per heavy atom. The van der Waals surface area contributed by atoms with Crippen molar-refractivity contribution >= 4 is 64.2 Å². The molecule has 2 aromatic rings. The Labute approximate surface area is 160 Å². The number of allylic oxidation sites excluding steroid dienone is 1. The van der Waals surface area contributed by atoms with E-state index in [1.54, 1.807) is 30.5 Å². The summed E-state index contributed by atoms with van der Waals surface area (Å²) in [7, 11) is 0. The van der Waals surface area contributed by atoms with Crippen LogP contribution in [0.2, 0.25) is 5.02 Å². The lowest BCUT2D eigenvalue weighted by molar-refractivity contribution is -0.122. The van der Waals surface area contributed by atoms with E-state index in [4.69, 9.17) is 23.8 Å². The van der Waals surface area contributed by atoms with Gasteiger partial charge in [0, 0.05) is 11.2 Å². The Balaban J connectivity index is 1.70. The molecular formula is C19H13ClN2OS2. The molecule has 0 bridgehead atoms. The molecule has 0 atom stereocenters. The van der Waals surface area contributed by atoms with Crippen LogP contribution in [0.15, 0.2) is 70.7 Å². The van der Waals surface area contributed by atoms with Gasteiger partial charge in [-0.25, -0.2) is 0 Å². The van der Waals surface area contributed by atoms with E-state index in [0.29, 0.717) is 14.2 Å². The van der Waals surface area contributed by atoms with Gasteiger partial charge in [0.1, 0.15) is 0 Å². The van der Waals surface area contributed by atoms with Crippen LogP contribution in [0.5, 0.6) is 0 Å². The Hall–Kier alpha value is -2.21. The van der Waals surface area contributed by atoms with Crippen molar-refractivity contribution in [1.82, 2.24) is 5.01 Å². The molecule has 124 valence electrons. The van der Waals surface area contributed by atoms with Crippen LogP contribution in [-0.2, 0) is 4.79 Å². The maximum atomic E-state index is 12.4. The number of carbonyl (C=O) groups is 1. The monoisotopic (exact) mass is 384 g/mol. The van der Waals surface area contributed by atoms with Crippen molar-refractivity contribution in [3.05, 3.63) is 81.7 Å². The molecule has 0 N–H and O–H groups in total. The molecule has 6 heteroatoms. The zero-order valence-electron chi connectivity index (χ0n) is 13.0. The van der Waals surface area contributed by atoms with Gasteiger partial charge in [0.25, 0.3) is 5.91 Å². The summed E-state index contributed by atoms with van der Waals surface area (Å²) < 4.78 is 0.412. The minimum absolute atomic E-state index is 0.227. The molecule has 0 radical (unpaired) electrons. The summed E-state index contributed by atoms with van der Waals surface area (Å²) in [6.45, 7) is 0. The van der Waals surface area contributed by atoms with Gasteiger partial charge in [0.15, 0.2) is 4.32 Å². The lowest BCUT2D eigenvalue weighted by atomic mass is 10.2. The van der Waals surface area contributed by atoms with E-state index in [2.05, 4.69) is 5.10 Å². The first-order valence-corrected chi connectivity index (χ1v) is 9.03. The molecule has 0 aliphatic carbocycles. The highest BCUT2D eigenvalue weighted by Crippen LogP contribution is 2.32. The van der Waals surface area contributed by atoms with Gasteiger partial charge in [-0.15, -0.1) is 0 Å². The van der Waals surface area contributed by atoms with Crippen molar-refractivity contribution in [3.63, 3.8) is 0 Å². The predicted octanol–water partition coefficient (Wildman–Crippen LogP) is 5.24. The molecular weight excluding hydrogens is 372 g/mol. The third kappa shape index (κ3) is 4.66. The number of hydrogen-bond acceptors (Lipinski definition) is 4. The smallest absolute Gasteiger partial charge is 0.266 e. The third-order valence-corrected chi connectivity index (χ3v) is 4.83. The zero-order valence-corrected chi connectivity index (χ0v) is 15.4. The number of thiocarbonyl (C=S) groups is 1. The van der Waals surface area contributed by atoms with Crippen LogP contribution in [0.1, 0.15) is 11.1 Å². The second-order valence-corrected chi connectivity index (χ2v) is 7.19. The number of hydrogen-bond donors (Lipinski definition) is 0. The molecule has 1 heterocycles. The van der Waals surface area contributed by atoms with Crippen LogP contribution in [-0.4, -0.2) is 21.5 Å². The topological polar surface area (TPSA) is 32.7 Å². The van der Waals surface area contributed by atoms with Gasteiger partial charge >= 0.3 is 0 Å². The molecule has 2 aromatic carbocycles. The van der Waals surface area contributed by atoms with Crippen molar-refractivity contribution in [3.8, 4) is 0 Å². The van der Waals surface area contributed by atoms with Gasteiger partial charge in [0.05, 0.1) is 4.91 Å². The summed E-state index contributed by atoms with van der Waals surface area (Å²) in [5.41, 5.74) is 1.94. The molecule has 25 heavy (non-hydrogen) atoms. The summed E-state index contributed by atoms with van der Waals surface area (Å²) in [5.74, 6) is -0.227. The number of hydrazone groups is 1. The van der Waals surface area contributed by atoms with Crippen molar-refractivity contribution in [2.24, 2.45) is 5.10 Å². The number of carbonyl (C=O) groups excluding carboxylic acids is 1. The van der Waals surface area contributed by atoms with Gasteiger partial charge in [-0.05, 0) is 47.6 Å². The van der Waals surface area contributed by atoms with E-state index in [-0.39, 0.29) is 5.91 Å². The average molecular weight is 385 g/mol. The van der Waals surface area contributed by atoms with Gasteiger partial charge in [-0.3, -0.25) is 4.79 Å². The summed E-state index contributed by atoms with van der Waals surface area (Å²) in [6, 6.07) is 17.1. The lowest BCUT2D eigenvalue weighted by Gasteiger charge is -2.04. The van der Waals surface area contributed by atoms with E-state index in [9.17, 15) is 4.79 Å². The molecule has 0 unspecified atom stereocenters. The highest BCUT2D eigenvalue weighted by Gasteiger charge is 2.31. The van der Waals surface area contributed by atoms with Crippen LogP contribution in [0, 0.1) is 0 Å². The van der Waals surface area contributed by atoms with Crippen molar-refractivity contribution in [2.45, 2.75) is 0 Å². The van der Waals surface area contributed by atoms with Gasteiger partial charge in [-0.1, -0.05) is 71.9 Å². The quantitative estimate of drug-likeness (QED) is 0.410. The molecule has 0 saturated carbocycles. The Bertz CT molecular complexity index is 874. The van der Waals surface area contributed by atoms with Crippen LogP contribution >= 0.6 is 35.6 Å². The van der Waals surface area contributed by atoms with Crippen molar-refractivity contribution in [2.75, 3.05) is 0 Å². The van der Waals surface area contributed by atoms with Gasteiger partial charge in [-0.2, -0.15) is 10.1 Å². The second-order valence-electron chi connectivity index (χ2n) is 5.08. The summed E-state index contributed by atoms with van der Waals surface area (Å²) in [6.07, 6.45) is 7.02. The number of halogens is 1. The fraction of sp³-hybridized carbons (Fsp3) is 0. The molecule has 1 aliphatic heterocycles. The molecule has 1 aliphatic rings. The first-order chi connectivity index (χ1) is 12.1. The molecule has 0 spiro atoms. The fourth-order valence-corrected chi connectivity index (χ4v) is 3.39. The van der Waals surface area contributed by atoms with Crippen molar-refractivity contribution in [1.29, 1.82) is 0 Å². The van der Waals surface area contributed by atoms with Crippen LogP contribution in [0.4, 0.5) is 0 Å². The van der Waals surface area contributed by atoms with E-state index >= 15 is 0 Å². The van der Waals surface area contributed by atoms with Gasteiger partial charge < -0.3 is 0 Å². The maximum absolute atomic E-state index is 12.4. The molecule has 3 nitrogen and oxygen atoms in total. The number of nitrogens with zero attached hydrogens (tertiary/aromatic N) is 2. The van der Waals surface area contributed by atoms with Crippen LogP contribution < -0.4 is 0 Å². The van der Waals surface area contributed by atoms with Crippen LogP contribution in [0.25, 0.3) is 12.2 Å².